The van der Waals surface area contributed by atoms with E-state index in [-0.39, 0.29) is 18.8 Å². The van der Waals surface area contributed by atoms with Crippen molar-refractivity contribution in [3.8, 4) is 0 Å². The van der Waals surface area contributed by atoms with E-state index in [4.69, 9.17) is 0 Å². The number of nitrogens with zero attached hydrogens (tertiary/aromatic N) is 1. The van der Waals surface area contributed by atoms with E-state index in [9.17, 15) is 13.2 Å². The zero-order valence-corrected chi connectivity index (χ0v) is 19.7. The summed E-state index contributed by atoms with van der Waals surface area (Å²) in [4.78, 5) is 2.62. The zero-order chi connectivity index (χ0) is 23.1. The molecule has 176 valence electrons. The first kappa shape index (κ1) is 24.8. The first-order valence-corrected chi connectivity index (χ1v) is 12.2. The molecule has 3 unspecified atom stereocenters. The molecule has 1 nitrogen and oxygen atoms in total. The summed E-state index contributed by atoms with van der Waals surface area (Å²) in [6.07, 6.45) is 1.38. The molecule has 0 heterocycles. The van der Waals surface area contributed by atoms with E-state index >= 15 is 0 Å². The lowest BCUT2D eigenvalue weighted by Crippen LogP contribution is -2.41. The molecule has 1 saturated carbocycles. The Morgan fingerprint density at radius 3 is 2.12 bits per heavy atom. The zero-order valence-electron chi connectivity index (χ0n) is 19.7. The van der Waals surface area contributed by atoms with E-state index in [2.05, 4.69) is 80.3 Å². The van der Waals surface area contributed by atoms with Gasteiger partial charge >= 0.3 is 6.18 Å². The fraction of sp³-hybridized carbons (Fsp3) is 0.571. The SMILES string of the molecule is CCC(CCc1ccc(C2CCC(C(F)(F)F)C2)cc1)N(CCc1ccccc1)C(C)C. The van der Waals surface area contributed by atoms with Crippen LogP contribution in [0.4, 0.5) is 13.2 Å². The number of rotatable bonds is 10. The number of hydrogen-bond donors (Lipinski definition) is 0. The van der Waals surface area contributed by atoms with Crippen LogP contribution in [0.25, 0.3) is 0 Å². The Kier molecular flexibility index (Phi) is 8.81. The largest absolute Gasteiger partial charge is 0.391 e. The van der Waals surface area contributed by atoms with Crippen molar-refractivity contribution in [1.82, 2.24) is 4.90 Å². The summed E-state index contributed by atoms with van der Waals surface area (Å²) in [6, 6.07) is 20.1. The van der Waals surface area contributed by atoms with Gasteiger partial charge in [-0.1, -0.05) is 61.5 Å². The van der Waals surface area contributed by atoms with Crippen molar-refractivity contribution in [2.24, 2.45) is 5.92 Å². The van der Waals surface area contributed by atoms with E-state index in [1.165, 1.54) is 11.1 Å². The molecule has 3 atom stereocenters. The molecule has 0 amide bonds. The lowest BCUT2D eigenvalue weighted by atomic mass is 9.94. The van der Waals surface area contributed by atoms with Gasteiger partial charge in [-0.15, -0.1) is 0 Å². The van der Waals surface area contributed by atoms with Gasteiger partial charge in [0.1, 0.15) is 0 Å². The predicted molar refractivity (Wildman–Crippen MR) is 127 cm³/mol. The van der Waals surface area contributed by atoms with Crippen LogP contribution in [0.15, 0.2) is 54.6 Å². The summed E-state index contributed by atoms with van der Waals surface area (Å²) in [5.74, 6) is -1.08. The lowest BCUT2D eigenvalue weighted by Gasteiger charge is -2.35. The molecular weight excluding hydrogens is 407 g/mol. The third kappa shape index (κ3) is 6.84. The standard InChI is InChI=1S/C28H38F3N/c1-4-27(32(21(2)3)19-18-22-8-6-5-7-9-22)17-12-23-10-13-24(14-11-23)25-15-16-26(20-25)28(29,30)31/h5-11,13-14,21,25-27H,4,12,15-20H2,1-3H3. The Balaban J connectivity index is 1.54. The lowest BCUT2D eigenvalue weighted by molar-refractivity contribution is -0.172. The van der Waals surface area contributed by atoms with Crippen molar-refractivity contribution in [3.05, 3.63) is 71.3 Å². The fourth-order valence-electron chi connectivity index (χ4n) is 5.24. The van der Waals surface area contributed by atoms with E-state index in [0.717, 1.165) is 37.8 Å². The normalized spacial score (nSPS) is 20.2. The second-order valence-corrected chi connectivity index (χ2v) is 9.66. The van der Waals surface area contributed by atoms with Crippen LogP contribution in [0.2, 0.25) is 0 Å². The second-order valence-electron chi connectivity index (χ2n) is 9.66. The summed E-state index contributed by atoms with van der Waals surface area (Å²) in [5.41, 5.74) is 3.73. The summed E-state index contributed by atoms with van der Waals surface area (Å²) >= 11 is 0. The monoisotopic (exact) mass is 445 g/mol. The van der Waals surface area contributed by atoms with Gasteiger partial charge in [0.25, 0.3) is 0 Å². The Morgan fingerprint density at radius 2 is 1.56 bits per heavy atom. The molecule has 32 heavy (non-hydrogen) atoms. The Labute approximate surface area is 192 Å². The van der Waals surface area contributed by atoms with Gasteiger partial charge in [0.15, 0.2) is 0 Å². The smallest absolute Gasteiger partial charge is 0.298 e. The van der Waals surface area contributed by atoms with Gasteiger partial charge < -0.3 is 0 Å². The molecule has 0 radical (unpaired) electrons. The number of benzene rings is 2. The van der Waals surface area contributed by atoms with Crippen LogP contribution in [0.3, 0.4) is 0 Å². The molecule has 0 spiro atoms. The molecule has 0 saturated heterocycles. The van der Waals surface area contributed by atoms with Crippen molar-refractivity contribution in [3.63, 3.8) is 0 Å². The summed E-state index contributed by atoms with van der Waals surface area (Å²) in [6.45, 7) is 7.88. The summed E-state index contributed by atoms with van der Waals surface area (Å²) in [5, 5.41) is 0. The minimum absolute atomic E-state index is 0.0495. The third-order valence-electron chi connectivity index (χ3n) is 7.22. The average Bonchev–Trinajstić information content (AvgIpc) is 3.28. The second kappa shape index (κ2) is 11.4. The number of aryl methyl sites for hydroxylation is 1. The number of halogens is 3. The molecular formula is C28H38F3N. The maximum atomic E-state index is 13.0. The van der Waals surface area contributed by atoms with E-state index in [0.29, 0.717) is 18.5 Å². The molecule has 2 aromatic carbocycles. The molecule has 0 bridgehead atoms. The molecule has 0 aliphatic heterocycles. The molecule has 1 aliphatic carbocycles. The molecule has 2 aromatic rings. The molecule has 3 rings (SSSR count). The molecule has 1 fully saturated rings. The van der Waals surface area contributed by atoms with Crippen molar-refractivity contribution < 1.29 is 13.2 Å². The van der Waals surface area contributed by atoms with Crippen LogP contribution in [0.5, 0.6) is 0 Å². The minimum atomic E-state index is -4.05. The van der Waals surface area contributed by atoms with Crippen molar-refractivity contribution >= 4 is 0 Å². The van der Waals surface area contributed by atoms with E-state index < -0.39 is 12.1 Å². The first-order chi connectivity index (χ1) is 15.3. The highest BCUT2D eigenvalue weighted by Gasteiger charge is 2.44. The van der Waals surface area contributed by atoms with Gasteiger partial charge in [0.2, 0.25) is 0 Å². The maximum Gasteiger partial charge on any atom is 0.391 e. The van der Waals surface area contributed by atoms with E-state index in [1.54, 1.807) is 0 Å². The van der Waals surface area contributed by atoms with Gasteiger partial charge in [0, 0.05) is 18.6 Å². The van der Waals surface area contributed by atoms with Gasteiger partial charge in [0.05, 0.1) is 5.92 Å². The van der Waals surface area contributed by atoms with E-state index in [1.807, 2.05) is 0 Å². The van der Waals surface area contributed by atoms with Gasteiger partial charge in [-0.2, -0.15) is 13.2 Å². The van der Waals surface area contributed by atoms with Crippen LogP contribution in [0.1, 0.15) is 75.5 Å². The minimum Gasteiger partial charge on any atom is -0.298 e. The van der Waals surface area contributed by atoms with Gasteiger partial charge in [-0.25, -0.2) is 0 Å². The number of hydrogen-bond acceptors (Lipinski definition) is 1. The van der Waals surface area contributed by atoms with Crippen LogP contribution in [-0.2, 0) is 12.8 Å². The Morgan fingerprint density at radius 1 is 0.906 bits per heavy atom. The Hall–Kier alpha value is -1.81. The highest BCUT2D eigenvalue weighted by molar-refractivity contribution is 5.26. The molecule has 4 heteroatoms. The predicted octanol–water partition coefficient (Wildman–Crippen LogP) is 7.80. The van der Waals surface area contributed by atoms with Crippen LogP contribution >= 0.6 is 0 Å². The molecule has 0 aromatic heterocycles. The first-order valence-electron chi connectivity index (χ1n) is 12.2. The van der Waals surface area contributed by atoms with Gasteiger partial charge in [-0.3, -0.25) is 4.90 Å². The van der Waals surface area contributed by atoms with Crippen molar-refractivity contribution in [2.45, 2.75) is 89.9 Å². The third-order valence-corrected chi connectivity index (χ3v) is 7.22. The van der Waals surface area contributed by atoms with Gasteiger partial charge in [-0.05, 0) is 81.4 Å². The summed E-state index contributed by atoms with van der Waals surface area (Å²) in [7, 11) is 0. The quantitative estimate of drug-likeness (QED) is 0.361. The number of alkyl halides is 3. The Bertz CT molecular complexity index is 798. The fourth-order valence-corrected chi connectivity index (χ4v) is 5.24. The maximum absolute atomic E-state index is 13.0. The highest BCUT2D eigenvalue weighted by Crippen LogP contribution is 2.45. The molecule has 0 N–H and O–H groups in total. The summed E-state index contributed by atoms with van der Waals surface area (Å²) < 4.78 is 39.0. The van der Waals surface area contributed by atoms with Crippen molar-refractivity contribution in [2.75, 3.05) is 6.54 Å². The van der Waals surface area contributed by atoms with Crippen molar-refractivity contribution in [1.29, 1.82) is 0 Å². The highest BCUT2D eigenvalue weighted by atomic mass is 19.4. The van der Waals surface area contributed by atoms with Crippen LogP contribution < -0.4 is 0 Å². The topological polar surface area (TPSA) is 3.24 Å². The van der Waals surface area contributed by atoms with Crippen LogP contribution in [-0.4, -0.2) is 29.7 Å². The average molecular weight is 446 g/mol. The van der Waals surface area contributed by atoms with Crippen LogP contribution in [0, 0.1) is 5.92 Å². The molecule has 1 aliphatic rings.